The third-order valence-corrected chi connectivity index (χ3v) is 2.66. The van der Waals surface area contributed by atoms with Crippen molar-refractivity contribution in [2.45, 2.75) is 6.92 Å². The van der Waals surface area contributed by atoms with Crippen molar-refractivity contribution in [3.8, 4) is 10.6 Å². The van der Waals surface area contributed by atoms with E-state index in [9.17, 15) is 4.39 Å². The predicted octanol–water partition coefficient (Wildman–Crippen LogP) is 2.23. The zero-order chi connectivity index (χ0) is 10.1. The van der Waals surface area contributed by atoms with E-state index in [0.717, 1.165) is 0 Å². The maximum atomic E-state index is 13.2. The van der Waals surface area contributed by atoms with Gasteiger partial charge in [0.25, 0.3) is 0 Å². The number of hydrogen-bond donors (Lipinski definition) is 1. The predicted molar refractivity (Wildman–Crippen MR) is 54.5 cm³/mol. The molecular formula is C9H8FN3S. The van der Waals surface area contributed by atoms with Gasteiger partial charge < -0.3 is 5.73 Å². The van der Waals surface area contributed by atoms with E-state index in [1.165, 1.54) is 17.4 Å². The van der Waals surface area contributed by atoms with Gasteiger partial charge in [0.1, 0.15) is 10.8 Å². The second kappa shape index (κ2) is 3.34. The van der Waals surface area contributed by atoms with E-state index in [1.54, 1.807) is 19.1 Å². The van der Waals surface area contributed by atoms with Crippen LogP contribution in [0.1, 0.15) is 5.56 Å². The average molecular weight is 209 g/mol. The normalized spacial score (nSPS) is 10.4. The van der Waals surface area contributed by atoms with Gasteiger partial charge >= 0.3 is 0 Å². The molecule has 0 saturated carbocycles. The lowest BCUT2D eigenvalue weighted by Crippen LogP contribution is -1.83. The number of aromatic nitrogens is 2. The molecule has 0 bridgehead atoms. The topological polar surface area (TPSA) is 51.8 Å². The lowest BCUT2D eigenvalue weighted by atomic mass is 10.1. The molecule has 0 fully saturated rings. The number of aryl methyl sites for hydroxylation is 1. The molecule has 2 aromatic rings. The van der Waals surface area contributed by atoms with Gasteiger partial charge in [0, 0.05) is 5.56 Å². The summed E-state index contributed by atoms with van der Waals surface area (Å²) in [5.74, 6) is -0.240. The molecule has 0 aliphatic carbocycles. The fraction of sp³-hybridized carbons (Fsp3) is 0.111. The first kappa shape index (κ1) is 9.08. The molecule has 0 amide bonds. The molecule has 0 aliphatic heterocycles. The van der Waals surface area contributed by atoms with Gasteiger partial charge in [-0.2, -0.15) is 0 Å². The molecule has 72 valence electrons. The molecule has 0 atom stereocenters. The number of nitrogens with two attached hydrogens (primary N) is 1. The summed E-state index contributed by atoms with van der Waals surface area (Å²) >= 11 is 1.24. The van der Waals surface area contributed by atoms with Crippen molar-refractivity contribution < 1.29 is 4.39 Å². The monoisotopic (exact) mass is 209 g/mol. The Labute approximate surface area is 84.4 Å². The van der Waals surface area contributed by atoms with Crippen LogP contribution in [0.4, 0.5) is 9.52 Å². The van der Waals surface area contributed by atoms with E-state index >= 15 is 0 Å². The fourth-order valence-electron chi connectivity index (χ4n) is 1.08. The van der Waals surface area contributed by atoms with Gasteiger partial charge in [-0.15, -0.1) is 10.2 Å². The highest BCUT2D eigenvalue weighted by Crippen LogP contribution is 2.25. The van der Waals surface area contributed by atoms with Crippen LogP contribution in [0.3, 0.4) is 0 Å². The molecule has 1 aromatic heterocycles. The Hall–Kier alpha value is -1.49. The van der Waals surface area contributed by atoms with Crippen LogP contribution >= 0.6 is 11.3 Å². The lowest BCUT2D eigenvalue weighted by molar-refractivity contribution is 0.619. The number of benzene rings is 1. The first-order chi connectivity index (χ1) is 6.66. The summed E-state index contributed by atoms with van der Waals surface area (Å²) in [6.45, 7) is 1.72. The van der Waals surface area contributed by atoms with Crippen molar-refractivity contribution in [2.24, 2.45) is 0 Å². The third kappa shape index (κ3) is 1.58. The Kier molecular flexibility index (Phi) is 2.17. The molecule has 3 nitrogen and oxygen atoms in total. The van der Waals surface area contributed by atoms with Gasteiger partial charge in [0.15, 0.2) is 0 Å². The highest BCUT2D eigenvalue weighted by Gasteiger charge is 2.06. The largest absolute Gasteiger partial charge is 0.374 e. The summed E-state index contributed by atoms with van der Waals surface area (Å²) in [7, 11) is 0. The second-order valence-electron chi connectivity index (χ2n) is 2.91. The number of nitrogen functional groups attached to an aromatic ring is 1. The molecule has 2 N–H and O–H groups in total. The SMILES string of the molecule is Cc1ccc(-c2nnc(N)s2)cc1F. The number of hydrogen-bond acceptors (Lipinski definition) is 4. The van der Waals surface area contributed by atoms with E-state index < -0.39 is 0 Å². The van der Waals surface area contributed by atoms with Gasteiger partial charge in [-0.25, -0.2) is 4.39 Å². The first-order valence-corrected chi connectivity index (χ1v) is 4.84. The molecule has 5 heteroatoms. The number of anilines is 1. The van der Waals surface area contributed by atoms with Crippen molar-refractivity contribution in [3.05, 3.63) is 29.6 Å². The molecule has 1 heterocycles. The number of halogens is 1. The molecule has 0 radical (unpaired) electrons. The molecule has 14 heavy (non-hydrogen) atoms. The summed E-state index contributed by atoms with van der Waals surface area (Å²) in [6.07, 6.45) is 0. The Balaban J connectivity index is 2.47. The minimum atomic E-state index is -0.240. The van der Waals surface area contributed by atoms with Crippen LogP contribution in [0.5, 0.6) is 0 Å². The van der Waals surface area contributed by atoms with Crippen molar-refractivity contribution in [3.63, 3.8) is 0 Å². The average Bonchev–Trinajstić information content (AvgIpc) is 2.57. The van der Waals surface area contributed by atoms with Crippen LogP contribution in [0.2, 0.25) is 0 Å². The van der Waals surface area contributed by atoms with Gasteiger partial charge in [-0.05, 0) is 18.6 Å². The first-order valence-electron chi connectivity index (χ1n) is 4.02. The summed E-state index contributed by atoms with van der Waals surface area (Å²) in [4.78, 5) is 0. The Morgan fingerprint density at radius 3 is 2.71 bits per heavy atom. The summed E-state index contributed by atoms with van der Waals surface area (Å²) in [6, 6.07) is 4.95. The highest BCUT2D eigenvalue weighted by atomic mass is 32.1. The second-order valence-corrected chi connectivity index (χ2v) is 3.92. The Bertz CT molecular complexity index is 467. The van der Waals surface area contributed by atoms with Crippen molar-refractivity contribution in [2.75, 3.05) is 5.73 Å². The minimum absolute atomic E-state index is 0.240. The van der Waals surface area contributed by atoms with Gasteiger partial charge in [0.2, 0.25) is 5.13 Å². The van der Waals surface area contributed by atoms with Crippen molar-refractivity contribution in [1.82, 2.24) is 10.2 Å². The van der Waals surface area contributed by atoms with Crippen molar-refractivity contribution >= 4 is 16.5 Å². The Morgan fingerprint density at radius 1 is 1.36 bits per heavy atom. The van der Waals surface area contributed by atoms with E-state index in [-0.39, 0.29) is 5.82 Å². The molecule has 1 aromatic carbocycles. The Morgan fingerprint density at radius 2 is 2.14 bits per heavy atom. The van der Waals surface area contributed by atoms with Crippen LogP contribution in [0, 0.1) is 12.7 Å². The highest BCUT2D eigenvalue weighted by molar-refractivity contribution is 7.18. The smallest absolute Gasteiger partial charge is 0.203 e. The van der Waals surface area contributed by atoms with Gasteiger partial charge in [-0.1, -0.05) is 23.5 Å². The van der Waals surface area contributed by atoms with E-state index in [4.69, 9.17) is 5.73 Å². The lowest BCUT2D eigenvalue weighted by Gasteiger charge is -1.98. The molecule has 2 rings (SSSR count). The van der Waals surface area contributed by atoms with Gasteiger partial charge in [0.05, 0.1) is 0 Å². The zero-order valence-electron chi connectivity index (χ0n) is 7.49. The van der Waals surface area contributed by atoms with Crippen LogP contribution in [-0.2, 0) is 0 Å². The van der Waals surface area contributed by atoms with Gasteiger partial charge in [-0.3, -0.25) is 0 Å². The zero-order valence-corrected chi connectivity index (χ0v) is 8.31. The van der Waals surface area contributed by atoms with E-state index in [0.29, 0.717) is 21.3 Å². The summed E-state index contributed by atoms with van der Waals surface area (Å²) < 4.78 is 13.2. The summed E-state index contributed by atoms with van der Waals surface area (Å²) in [5.41, 5.74) is 6.76. The standard InChI is InChI=1S/C9H8FN3S/c1-5-2-3-6(4-7(5)10)8-12-13-9(11)14-8/h2-4H,1H3,(H2,11,13). The summed E-state index contributed by atoms with van der Waals surface area (Å²) in [5, 5.41) is 8.53. The quantitative estimate of drug-likeness (QED) is 0.783. The maximum Gasteiger partial charge on any atom is 0.203 e. The molecule has 0 unspecified atom stereocenters. The van der Waals surface area contributed by atoms with Crippen LogP contribution in [-0.4, -0.2) is 10.2 Å². The number of rotatable bonds is 1. The molecule has 0 spiro atoms. The molecule has 0 saturated heterocycles. The van der Waals surface area contributed by atoms with E-state index in [1.807, 2.05) is 0 Å². The minimum Gasteiger partial charge on any atom is -0.374 e. The van der Waals surface area contributed by atoms with Crippen LogP contribution in [0.15, 0.2) is 18.2 Å². The fourth-order valence-corrected chi connectivity index (χ4v) is 1.68. The van der Waals surface area contributed by atoms with Crippen LogP contribution < -0.4 is 5.73 Å². The van der Waals surface area contributed by atoms with Crippen molar-refractivity contribution in [1.29, 1.82) is 0 Å². The number of nitrogens with zero attached hydrogens (tertiary/aromatic N) is 2. The molecule has 0 aliphatic rings. The third-order valence-electron chi connectivity index (χ3n) is 1.86. The maximum absolute atomic E-state index is 13.2. The van der Waals surface area contributed by atoms with Crippen LogP contribution in [0.25, 0.3) is 10.6 Å². The van der Waals surface area contributed by atoms with E-state index in [2.05, 4.69) is 10.2 Å². The molecular weight excluding hydrogens is 201 g/mol.